The zero-order valence-electron chi connectivity index (χ0n) is 25.5. The van der Waals surface area contributed by atoms with Gasteiger partial charge in [-0.1, -0.05) is 18.7 Å². The monoisotopic (exact) mass is 570 g/mol. The number of nitrogens with zero attached hydrogens (tertiary/aromatic N) is 8. The van der Waals surface area contributed by atoms with Crippen molar-refractivity contribution >= 4 is 39.5 Å². The molecule has 9 nitrogen and oxygen atoms in total. The quantitative estimate of drug-likeness (QED) is 0.331. The summed E-state index contributed by atoms with van der Waals surface area (Å²) in [4.78, 5) is 30.9. The summed E-state index contributed by atoms with van der Waals surface area (Å²) in [6.07, 6.45) is 3.18. The molecule has 220 valence electrons. The lowest BCUT2D eigenvalue weighted by molar-refractivity contribution is -0.128. The van der Waals surface area contributed by atoms with Crippen LogP contribution in [0.25, 0.3) is 32.9 Å². The van der Waals surface area contributed by atoms with Crippen LogP contribution in [0.3, 0.4) is 0 Å². The van der Waals surface area contributed by atoms with Gasteiger partial charge in [0.2, 0.25) is 11.9 Å². The zero-order chi connectivity index (χ0) is 30.0. The van der Waals surface area contributed by atoms with Crippen LogP contribution in [0.2, 0.25) is 0 Å². The molecule has 10 heteroatoms. The number of piperazine rings is 1. The number of amides is 1. The zero-order valence-corrected chi connectivity index (χ0v) is 25.5. The van der Waals surface area contributed by atoms with Gasteiger partial charge >= 0.3 is 0 Å². The number of fused-ring (bicyclic) bond motifs is 2. The highest BCUT2D eigenvalue weighted by atomic mass is 19.1. The summed E-state index contributed by atoms with van der Waals surface area (Å²) in [7, 11) is 6.03. The van der Waals surface area contributed by atoms with E-state index >= 15 is 4.39 Å². The molecule has 0 radical (unpaired) electrons. The third-order valence-electron chi connectivity index (χ3n) is 9.05. The molecule has 4 heterocycles. The molecule has 0 N–H and O–H groups in total. The normalized spacial score (nSPS) is 19.7. The lowest BCUT2D eigenvalue weighted by Gasteiger charge is -2.45. The molecule has 2 fully saturated rings. The number of aryl methyl sites for hydroxylation is 3. The van der Waals surface area contributed by atoms with Crippen LogP contribution in [0.15, 0.2) is 37.1 Å². The van der Waals surface area contributed by atoms with E-state index in [9.17, 15) is 4.79 Å². The number of rotatable bonds is 5. The minimum Gasteiger partial charge on any atom is -0.349 e. The van der Waals surface area contributed by atoms with Crippen LogP contribution in [0.4, 0.5) is 16.2 Å². The predicted octanol–water partition coefficient (Wildman–Crippen LogP) is 4.30. The second-order valence-electron chi connectivity index (χ2n) is 12.2. The molecule has 6 rings (SSSR count). The van der Waals surface area contributed by atoms with Crippen molar-refractivity contribution in [3.8, 4) is 11.1 Å². The molecule has 2 saturated heterocycles. The SMILES string of the molecule is C=CC(=O)N1C[C@H](C)N(c2nc(N3CC(N(C)C)C3)nc3c(F)c(-c4c(C)ccc5cnn(C)c45)c(C)cc23)C[C@H]1C. The lowest BCUT2D eigenvalue weighted by atomic mass is 9.92. The molecule has 2 aliphatic heterocycles. The average Bonchev–Trinajstić information content (AvgIpc) is 3.30. The molecule has 0 bridgehead atoms. The summed E-state index contributed by atoms with van der Waals surface area (Å²) >= 11 is 0. The molecule has 2 aliphatic rings. The van der Waals surface area contributed by atoms with Gasteiger partial charge in [0.05, 0.1) is 11.7 Å². The Morgan fingerprint density at radius 3 is 2.48 bits per heavy atom. The van der Waals surface area contributed by atoms with Gasteiger partial charge in [-0.25, -0.2) is 9.37 Å². The van der Waals surface area contributed by atoms with Gasteiger partial charge < -0.3 is 19.6 Å². The van der Waals surface area contributed by atoms with Crippen LogP contribution < -0.4 is 9.80 Å². The maximum Gasteiger partial charge on any atom is 0.246 e. The molecule has 2 aromatic carbocycles. The van der Waals surface area contributed by atoms with Crippen molar-refractivity contribution < 1.29 is 9.18 Å². The van der Waals surface area contributed by atoms with E-state index in [1.807, 2.05) is 61.8 Å². The van der Waals surface area contributed by atoms with Gasteiger partial charge in [-0.3, -0.25) is 9.48 Å². The Hall–Kier alpha value is -4.05. The number of hydrogen-bond acceptors (Lipinski definition) is 7. The van der Waals surface area contributed by atoms with Crippen LogP contribution >= 0.6 is 0 Å². The van der Waals surface area contributed by atoms with Crippen molar-refractivity contribution in [2.24, 2.45) is 7.05 Å². The van der Waals surface area contributed by atoms with Crippen LogP contribution in [0.1, 0.15) is 25.0 Å². The molecule has 0 saturated carbocycles. The molecule has 2 atom stereocenters. The van der Waals surface area contributed by atoms with Gasteiger partial charge in [-0.05, 0) is 65.1 Å². The van der Waals surface area contributed by atoms with Crippen LogP contribution in [-0.4, -0.2) is 93.9 Å². The molecule has 42 heavy (non-hydrogen) atoms. The van der Waals surface area contributed by atoms with Crippen molar-refractivity contribution in [2.75, 3.05) is 50.1 Å². The van der Waals surface area contributed by atoms with Crippen molar-refractivity contribution in [1.82, 2.24) is 29.5 Å². The summed E-state index contributed by atoms with van der Waals surface area (Å²) in [6, 6.07) is 6.38. The second kappa shape index (κ2) is 10.3. The highest BCUT2D eigenvalue weighted by Gasteiger charge is 2.36. The number of anilines is 2. The van der Waals surface area contributed by atoms with E-state index in [2.05, 4.69) is 47.4 Å². The van der Waals surface area contributed by atoms with Crippen molar-refractivity contribution in [1.29, 1.82) is 0 Å². The fourth-order valence-electron chi connectivity index (χ4n) is 6.47. The highest BCUT2D eigenvalue weighted by Crippen LogP contribution is 2.41. The number of halogens is 1. The molecular weight excluding hydrogens is 531 g/mol. The Balaban J connectivity index is 1.55. The first-order valence-electron chi connectivity index (χ1n) is 14.5. The number of hydrogen-bond donors (Lipinski definition) is 0. The van der Waals surface area contributed by atoms with Gasteiger partial charge in [0, 0.05) is 73.3 Å². The lowest BCUT2D eigenvalue weighted by Crippen LogP contribution is -2.59. The Morgan fingerprint density at radius 2 is 1.79 bits per heavy atom. The Kier molecular flexibility index (Phi) is 6.92. The van der Waals surface area contributed by atoms with Crippen molar-refractivity contribution in [3.05, 3.63) is 54.0 Å². The van der Waals surface area contributed by atoms with E-state index < -0.39 is 0 Å². The fourth-order valence-corrected chi connectivity index (χ4v) is 6.47. The first kappa shape index (κ1) is 28.1. The number of carbonyl (C=O) groups excluding carboxylic acids is 1. The maximum atomic E-state index is 17.0. The highest BCUT2D eigenvalue weighted by molar-refractivity contribution is 6.01. The summed E-state index contributed by atoms with van der Waals surface area (Å²) in [5.41, 5.74) is 4.37. The van der Waals surface area contributed by atoms with Gasteiger partial charge in [0.25, 0.3) is 0 Å². The van der Waals surface area contributed by atoms with E-state index in [1.165, 1.54) is 6.08 Å². The fraction of sp³-hybridized carbons (Fsp3) is 0.438. The number of aromatic nitrogens is 4. The van der Waals surface area contributed by atoms with Gasteiger partial charge in [-0.2, -0.15) is 10.1 Å². The van der Waals surface area contributed by atoms with Gasteiger partial charge in [-0.15, -0.1) is 0 Å². The van der Waals surface area contributed by atoms with Crippen LogP contribution in [0, 0.1) is 19.7 Å². The Morgan fingerprint density at radius 1 is 1.05 bits per heavy atom. The second-order valence-corrected chi connectivity index (χ2v) is 12.2. The predicted molar refractivity (Wildman–Crippen MR) is 167 cm³/mol. The molecule has 1 amide bonds. The molecule has 2 aromatic heterocycles. The minimum atomic E-state index is -0.349. The van der Waals surface area contributed by atoms with Crippen LogP contribution in [-0.2, 0) is 11.8 Å². The Bertz CT molecular complexity index is 1720. The molecule has 4 aromatic rings. The summed E-state index contributed by atoms with van der Waals surface area (Å²) in [6.45, 7) is 14.4. The topological polar surface area (TPSA) is 73.6 Å². The van der Waals surface area contributed by atoms with E-state index in [4.69, 9.17) is 9.97 Å². The molecule has 0 aliphatic carbocycles. The third-order valence-corrected chi connectivity index (χ3v) is 9.05. The number of likely N-dealkylation sites (N-methyl/N-ethyl adjacent to an activating group) is 1. The first-order chi connectivity index (χ1) is 20.0. The maximum absolute atomic E-state index is 17.0. The van der Waals surface area contributed by atoms with E-state index in [-0.39, 0.29) is 23.8 Å². The largest absolute Gasteiger partial charge is 0.349 e. The van der Waals surface area contributed by atoms with Crippen molar-refractivity contribution in [3.63, 3.8) is 0 Å². The third kappa shape index (κ3) is 4.40. The molecule has 0 unspecified atom stereocenters. The summed E-state index contributed by atoms with van der Waals surface area (Å²) in [5, 5.41) is 6.10. The number of carbonyl (C=O) groups is 1. The standard InChI is InChI=1S/C32H39FN8O/c1-9-25(42)40-14-21(5)41(15-20(40)4)31-24-12-19(3)26(27-18(2)10-11-22-13-34-38(8)30(22)27)28(33)29(24)35-32(36-31)39-16-23(17-39)37(6)7/h9-13,20-21,23H,1,14-17H2,2-8H3/t20-,21+/m1/s1. The summed E-state index contributed by atoms with van der Waals surface area (Å²) in [5.74, 6) is 0.808. The smallest absolute Gasteiger partial charge is 0.246 e. The van der Waals surface area contributed by atoms with Crippen molar-refractivity contribution in [2.45, 2.75) is 45.8 Å². The minimum absolute atomic E-state index is 0.0320. The van der Waals surface area contributed by atoms with Gasteiger partial charge in [0.1, 0.15) is 11.3 Å². The molecular formula is C32H39FN8O. The van der Waals surface area contributed by atoms with E-state index in [1.54, 1.807) is 0 Å². The average molecular weight is 571 g/mol. The van der Waals surface area contributed by atoms with Gasteiger partial charge in [0.15, 0.2) is 5.82 Å². The van der Waals surface area contributed by atoms with E-state index in [0.717, 1.165) is 40.7 Å². The van der Waals surface area contributed by atoms with E-state index in [0.29, 0.717) is 47.4 Å². The number of benzene rings is 2. The Labute approximate surface area is 246 Å². The molecule has 0 spiro atoms. The first-order valence-corrected chi connectivity index (χ1v) is 14.5. The van der Waals surface area contributed by atoms with Crippen LogP contribution in [0.5, 0.6) is 0 Å². The summed E-state index contributed by atoms with van der Waals surface area (Å²) < 4.78 is 18.8.